The lowest BCUT2D eigenvalue weighted by Crippen LogP contribution is -2.21. The van der Waals surface area contributed by atoms with Crippen LogP contribution >= 0.6 is 11.6 Å². The number of fused-ring (bicyclic) bond motifs is 1. The van der Waals surface area contributed by atoms with E-state index in [9.17, 15) is 9.59 Å². The molecule has 94 valence electrons. The molecule has 0 aliphatic heterocycles. The van der Waals surface area contributed by atoms with Crippen LogP contribution in [0.1, 0.15) is 30.2 Å². The standard InChI is InChI=1S/C13H12ClNO3/c1-7(2)15-11(16)4-3-8-5-9(13(17)18)6-10(14)12(8)15/h3-7H,1-2H3,(H,17,18). The Kier molecular flexibility index (Phi) is 3.13. The topological polar surface area (TPSA) is 59.3 Å². The van der Waals surface area contributed by atoms with Crippen LogP contribution in [0.5, 0.6) is 0 Å². The third-order valence-electron chi connectivity index (χ3n) is 2.74. The fourth-order valence-corrected chi connectivity index (χ4v) is 2.31. The van der Waals surface area contributed by atoms with E-state index in [1.807, 2.05) is 13.8 Å². The van der Waals surface area contributed by atoms with Crippen LogP contribution in [0.2, 0.25) is 5.02 Å². The highest BCUT2D eigenvalue weighted by molar-refractivity contribution is 6.35. The van der Waals surface area contributed by atoms with Crippen LogP contribution in [-0.2, 0) is 0 Å². The van der Waals surface area contributed by atoms with Crippen molar-refractivity contribution < 1.29 is 9.90 Å². The maximum atomic E-state index is 11.8. The van der Waals surface area contributed by atoms with Gasteiger partial charge in [-0.1, -0.05) is 11.6 Å². The second-order valence-electron chi connectivity index (χ2n) is 4.34. The normalized spacial score (nSPS) is 11.1. The van der Waals surface area contributed by atoms with Gasteiger partial charge in [-0.2, -0.15) is 0 Å². The van der Waals surface area contributed by atoms with Crippen LogP contribution in [0.15, 0.2) is 29.1 Å². The Bertz CT molecular complexity index is 688. The number of nitrogens with zero attached hydrogens (tertiary/aromatic N) is 1. The summed E-state index contributed by atoms with van der Waals surface area (Å²) in [7, 11) is 0. The van der Waals surface area contributed by atoms with Crippen molar-refractivity contribution in [1.82, 2.24) is 4.57 Å². The zero-order valence-electron chi connectivity index (χ0n) is 9.98. The van der Waals surface area contributed by atoms with Crippen molar-refractivity contribution in [1.29, 1.82) is 0 Å². The molecule has 4 nitrogen and oxygen atoms in total. The van der Waals surface area contributed by atoms with Gasteiger partial charge in [0.1, 0.15) is 0 Å². The Balaban J connectivity index is 2.91. The number of pyridine rings is 1. The first-order valence-corrected chi connectivity index (χ1v) is 5.87. The van der Waals surface area contributed by atoms with Crippen LogP contribution in [0, 0.1) is 0 Å². The summed E-state index contributed by atoms with van der Waals surface area (Å²) in [6.45, 7) is 3.75. The fourth-order valence-electron chi connectivity index (χ4n) is 1.99. The molecule has 0 unspecified atom stereocenters. The van der Waals surface area contributed by atoms with E-state index in [0.717, 1.165) is 0 Å². The number of benzene rings is 1. The Morgan fingerprint density at radius 2 is 2.00 bits per heavy atom. The zero-order chi connectivity index (χ0) is 13.4. The van der Waals surface area contributed by atoms with Crippen LogP contribution in [0.4, 0.5) is 0 Å². The number of carboxylic acids is 1. The monoisotopic (exact) mass is 265 g/mol. The number of halogens is 1. The minimum Gasteiger partial charge on any atom is -0.478 e. The summed E-state index contributed by atoms with van der Waals surface area (Å²) in [5, 5.41) is 9.90. The molecule has 0 atom stereocenters. The molecule has 0 fully saturated rings. The van der Waals surface area contributed by atoms with Gasteiger partial charge in [0.15, 0.2) is 0 Å². The summed E-state index contributed by atoms with van der Waals surface area (Å²) in [5.74, 6) is -1.04. The maximum Gasteiger partial charge on any atom is 0.335 e. The van der Waals surface area contributed by atoms with E-state index < -0.39 is 5.97 Å². The number of hydrogen-bond acceptors (Lipinski definition) is 2. The van der Waals surface area contributed by atoms with Gasteiger partial charge >= 0.3 is 5.97 Å². The molecule has 18 heavy (non-hydrogen) atoms. The second-order valence-corrected chi connectivity index (χ2v) is 4.74. The highest BCUT2D eigenvalue weighted by Gasteiger charge is 2.13. The molecule has 2 rings (SSSR count). The average Bonchev–Trinajstić information content (AvgIpc) is 2.28. The Hall–Kier alpha value is -1.81. The number of rotatable bonds is 2. The van der Waals surface area contributed by atoms with Gasteiger partial charge in [0.05, 0.1) is 16.1 Å². The first-order valence-electron chi connectivity index (χ1n) is 5.50. The number of carboxylic acid groups (broad SMARTS) is 1. The quantitative estimate of drug-likeness (QED) is 0.908. The molecule has 2 aromatic rings. The minimum absolute atomic E-state index is 0.0469. The van der Waals surface area contributed by atoms with Gasteiger partial charge in [-0.15, -0.1) is 0 Å². The Morgan fingerprint density at radius 3 is 2.56 bits per heavy atom. The number of aromatic carboxylic acids is 1. The third kappa shape index (κ3) is 1.99. The molecule has 0 aliphatic carbocycles. The summed E-state index contributed by atoms with van der Waals surface area (Å²) in [6, 6.07) is 5.85. The number of hydrogen-bond donors (Lipinski definition) is 1. The van der Waals surface area contributed by atoms with Crippen molar-refractivity contribution in [3.8, 4) is 0 Å². The van der Waals surface area contributed by atoms with Crippen LogP contribution in [-0.4, -0.2) is 15.6 Å². The zero-order valence-corrected chi connectivity index (χ0v) is 10.7. The summed E-state index contributed by atoms with van der Waals surface area (Å²) >= 11 is 6.10. The van der Waals surface area contributed by atoms with E-state index in [4.69, 9.17) is 16.7 Å². The third-order valence-corrected chi connectivity index (χ3v) is 3.03. The van der Waals surface area contributed by atoms with Crippen molar-refractivity contribution in [3.63, 3.8) is 0 Å². The summed E-state index contributed by atoms with van der Waals surface area (Å²) in [6.07, 6.45) is 0. The van der Waals surface area contributed by atoms with Gasteiger partial charge in [-0.05, 0) is 32.0 Å². The van der Waals surface area contributed by atoms with E-state index in [1.54, 1.807) is 10.6 Å². The first-order chi connectivity index (χ1) is 8.41. The van der Waals surface area contributed by atoms with Gasteiger partial charge in [-0.25, -0.2) is 4.79 Å². The molecule has 0 spiro atoms. The molecule has 1 N–H and O–H groups in total. The summed E-state index contributed by atoms with van der Waals surface area (Å²) in [5.41, 5.74) is 0.535. The SMILES string of the molecule is CC(C)n1c(=O)ccc2cc(C(=O)O)cc(Cl)c21. The molecule has 0 saturated carbocycles. The molecule has 0 bridgehead atoms. The lowest BCUT2D eigenvalue weighted by atomic mass is 10.1. The Morgan fingerprint density at radius 1 is 1.33 bits per heavy atom. The number of aromatic nitrogens is 1. The van der Waals surface area contributed by atoms with Crippen LogP contribution in [0.25, 0.3) is 10.9 Å². The molecule has 1 heterocycles. The number of carbonyl (C=O) groups is 1. The minimum atomic E-state index is -1.04. The molecule has 1 aromatic carbocycles. The van der Waals surface area contributed by atoms with Crippen molar-refractivity contribution in [2.45, 2.75) is 19.9 Å². The van der Waals surface area contributed by atoms with E-state index in [-0.39, 0.29) is 22.2 Å². The lowest BCUT2D eigenvalue weighted by Gasteiger charge is -2.15. The molecule has 0 radical (unpaired) electrons. The van der Waals surface area contributed by atoms with E-state index in [1.165, 1.54) is 18.2 Å². The molecular weight excluding hydrogens is 254 g/mol. The van der Waals surface area contributed by atoms with Gasteiger partial charge in [0.25, 0.3) is 5.56 Å². The van der Waals surface area contributed by atoms with Gasteiger partial charge < -0.3 is 9.67 Å². The highest BCUT2D eigenvalue weighted by atomic mass is 35.5. The smallest absolute Gasteiger partial charge is 0.335 e. The van der Waals surface area contributed by atoms with Gasteiger partial charge in [0.2, 0.25) is 0 Å². The van der Waals surface area contributed by atoms with E-state index in [0.29, 0.717) is 10.9 Å². The molecule has 1 aromatic heterocycles. The molecule has 0 aliphatic rings. The largest absolute Gasteiger partial charge is 0.478 e. The highest BCUT2D eigenvalue weighted by Crippen LogP contribution is 2.26. The molecule has 5 heteroatoms. The van der Waals surface area contributed by atoms with Crippen molar-refractivity contribution in [2.75, 3.05) is 0 Å². The van der Waals surface area contributed by atoms with E-state index in [2.05, 4.69) is 0 Å². The van der Waals surface area contributed by atoms with E-state index >= 15 is 0 Å². The van der Waals surface area contributed by atoms with Crippen molar-refractivity contribution >= 4 is 28.5 Å². The first kappa shape index (κ1) is 12.6. The van der Waals surface area contributed by atoms with Crippen LogP contribution in [0.3, 0.4) is 0 Å². The predicted octanol–water partition coefficient (Wildman–Crippen LogP) is 2.93. The van der Waals surface area contributed by atoms with Crippen LogP contribution < -0.4 is 5.56 Å². The second kappa shape index (κ2) is 4.46. The fraction of sp³-hybridized carbons (Fsp3) is 0.231. The summed E-state index contributed by atoms with van der Waals surface area (Å²) < 4.78 is 1.56. The molecule has 0 amide bonds. The van der Waals surface area contributed by atoms with Crippen molar-refractivity contribution in [2.24, 2.45) is 0 Å². The van der Waals surface area contributed by atoms with Gasteiger partial charge in [-0.3, -0.25) is 4.79 Å². The lowest BCUT2D eigenvalue weighted by molar-refractivity contribution is 0.0697. The molecular formula is C13H12ClNO3. The van der Waals surface area contributed by atoms with Crippen molar-refractivity contribution in [3.05, 3.63) is 45.2 Å². The molecule has 0 saturated heterocycles. The average molecular weight is 266 g/mol. The van der Waals surface area contributed by atoms with Gasteiger partial charge in [0, 0.05) is 17.5 Å². The maximum absolute atomic E-state index is 11.8. The predicted molar refractivity (Wildman–Crippen MR) is 70.6 cm³/mol. The Labute approximate surface area is 108 Å². The summed E-state index contributed by atoms with van der Waals surface area (Å²) in [4.78, 5) is 22.8.